The van der Waals surface area contributed by atoms with Crippen LogP contribution in [0.3, 0.4) is 0 Å². The van der Waals surface area contributed by atoms with Gasteiger partial charge in [-0.3, -0.25) is 14.4 Å². The summed E-state index contributed by atoms with van der Waals surface area (Å²) in [5, 5.41) is 16.4. The first-order valence-corrected chi connectivity index (χ1v) is 14.1. The summed E-state index contributed by atoms with van der Waals surface area (Å²) in [4.78, 5) is 43.9. The highest BCUT2D eigenvalue weighted by Gasteiger charge is 2.79. The Balaban J connectivity index is 1.55. The van der Waals surface area contributed by atoms with Crippen LogP contribution in [0.1, 0.15) is 46.5 Å². The molecule has 0 radical (unpaired) electrons. The average Bonchev–Trinajstić information content (AvgIpc) is 3.56. The van der Waals surface area contributed by atoms with Gasteiger partial charge < -0.3 is 30.1 Å². The first-order valence-electron chi connectivity index (χ1n) is 14.1. The van der Waals surface area contributed by atoms with Crippen molar-refractivity contribution in [2.45, 2.75) is 69.7 Å². The van der Waals surface area contributed by atoms with Crippen molar-refractivity contribution in [3.8, 4) is 5.75 Å². The van der Waals surface area contributed by atoms with E-state index in [0.29, 0.717) is 42.8 Å². The molecule has 40 heavy (non-hydrogen) atoms. The molecular formula is C31H39N3O6. The molecule has 2 aromatic rings. The number of likely N-dealkylation sites (tertiary alicyclic amines) is 1. The molecule has 1 spiro atoms. The summed E-state index contributed by atoms with van der Waals surface area (Å²) < 4.78 is 12.0. The zero-order chi connectivity index (χ0) is 28.7. The van der Waals surface area contributed by atoms with E-state index in [1.807, 2.05) is 39.0 Å². The number of anilines is 2. The maximum Gasteiger partial charge on any atom is 0.250 e. The molecule has 214 valence electrons. The van der Waals surface area contributed by atoms with Crippen LogP contribution < -0.4 is 15.4 Å². The topological polar surface area (TPSA) is 117 Å². The van der Waals surface area contributed by atoms with Gasteiger partial charge in [0.25, 0.3) is 0 Å². The van der Waals surface area contributed by atoms with Crippen molar-refractivity contribution in [2.24, 2.45) is 17.8 Å². The van der Waals surface area contributed by atoms with Crippen molar-refractivity contribution in [1.82, 2.24) is 4.90 Å². The Bertz CT molecular complexity index is 1250. The summed E-state index contributed by atoms with van der Waals surface area (Å²) in [6, 6.07) is 14.5. The molecule has 3 aliphatic heterocycles. The minimum absolute atomic E-state index is 0.171. The molecule has 2 unspecified atom stereocenters. The van der Waals surface area contributed by atoms with E-state index in [1.54, 1.807) is 43.5 Å². The fourth-order valence-electron chi connectivity index (χ4n) is 7.19. The van der Waals surface area contributed by atoms with Crippen molar-refractivity contribution in [3.63, 3.8) is 0 Å². The summed E-state index contributed by atoms with van der Waals surface area (Å²) >= 11 is 0. The van der Waals surface area contributed by atoms with Crippen LogP contribution in [0.15, 0.2) is 54.6 Å². The Hall–Kier alpha value is -3.43. The number of ether oxygens (including phenoxy) is 2. The number of hydrogen-bond donors (Lipinski definition) is 3. The number of aliphatic hydroxyl groups is 1. The molecule has 0 aliphatic carbocycles. The molecule has 3 saturated heterocycles. The van der Waals surface area contributed by atoms with Crippen molar-refractivity contribution in [2.75, 3.05) is 24.4 Å². The Morgan fingerprint density at radius 2 is 1.70 bits per heavy atom. The van der Waals surface area contributed by atoms with Crippen molar-refractivity contribution in [3.05, 3.63) is 54.6 Å². The predicted molar refractivity (Wildman–Crippen MR) is 151 cm³/mol. The quantitative estimate of drug-likeness (QED) is 0.415. The second-order valence-corrected chi connectivity index (χ2v) is 11.6. The second kappa shape index (κ2) is 10.9. The lowest BCUT2D eigenvalue weighted by Gasteiger charge is -2.37. The standard InChI is InChI=1S/C31H39N3O6/c1-5-30-15-16-31(40-30)25(24(30)27(36)32-20-9-7-6-8-10-20)29(38)34(22(18-35)17-19(2)3)26(31)28(37)33-21-11-13-23(39-4)14-12-21/h6-14,19,22,24-26,35H,5,15-18H2,1-4H3,(H,32,36)(H,33,37)/t22-,24-,25+,26?,30+,31?/m1/s1. The number of fused-ring (bicyclic) bond motifs is 1. The largest absolute Gasteiger partial charge is 0.497 e. The number of carbonyl (C=O) groups is 3. The molecule has 9 nitrogen and oxygen atoms in total. The number of benzene rings is 2. The van der Waals surface area contributed by atoms with Gasteiger partial charge in [-0.05, 0) is 68.0 Å². The summed E-state index contributed by atoms with van der Waals surface area (Å²) in [7, 11) is 1.57. The SMILES string of the molecule is CC[C@@]12CCC3(O1)C(C(=O)Nc1ccc(OC)cc1)N([C@@H](CO)CC(C)C)C(=O)[C@@H]3[C@@H]2C(=O)Nc1ccccc1. The van der Waals surface area contributed by atoms with Crippen LogP contribution in [0.4, 0.5) is 11.4 Å². The smallest absolute Gasteiger partial charge is 0.250 e. The predicted octanol–water partition coefficient (Wildman–Crippen LogP) is 3.83. The van der Waals surface area contributed by atoms with E-state index < -0.39 is 35.1 Å². The molecule has 2 bridgehead atoms. The third-order valence-electron chi connectivity index (χ3n) is 8.90. The van der Waals surface area contributed by atoms with Crippen LogP contribution in [-0.2, 0) is 19.1 Å². The van der Waals surface area contributed by atoms with E-state index in [-0.39, 0.29) is 30.2 Å². The van der Waals surface area contributed by atoms with Gasteiger partial charge >= 0.3 is 0 Å². The number of nitrogens with zero attached hydrogens (tertiary/aromatic N) is 1. The molecule has 3 N–H and O–H groups in total. The van der Waals surface area contributed by atoms with Gasteiger partial charge in [0.1, 0.15) is 17.4 Å². The summed E-state index contributed by atoms with van der Waals surface area (Å²) in [6.45, 7) is 5.70. The first-order chi connectivity index (χ1) is 19.2. The normalized spacial score (nSPS) is 29.4. The van der Waals surface area contributed by atoms with Crippen LogP contribution in [0.5, 0.6) is 5.75 Å². The molecule has 2 aromatic carbocycles. The van der Waals surface area contributed by atoms with Gasteiger partial charge in [0.2, 0.25) is 17.7 Å². The molecule has 0 saturated carbocycles. The number of methoxy groups -OCH3 is 1. The van der Waals surface area contributed by atoms with Crippen molar-refractivity contribution >= 4 is 29.1 Å². The molecule has 3 amide bonds. The number of rotatable bonds is 10. The minimum atomic E-state index is -1.17. The lowest BCUT2D eigenvalue weighted by Crippen LogP contribution is -2.56. The lowest BCUT2D eigenvalue weighted by molar-refractivity contribution is -0.148. The van der Waals surface area contributed by atoms with Gasteiger partial charge in [-0.15, -0.1) is 0 Å². The highest BCUT2D eigenvalue weighted by atomic mass is 16.5. The fraction of sp³-hybridized carbons (Fsp3) is 0.516. The molecule has 5 rings (SSSR count). The highest BCUT2D eigenvalue weighted by molar-refractivity contribution is 6.05. The maximum absolute atomic E-state index is 14.4. The van der Waals surface area contributed by atoms with E-state index in [1.165, 1.54) is 4.90 Å². The van der Waals surface area contributed by atoms with Crippen LogP contribution >= 0.6 is 0 Å². The molecule has 9 heteroatoms. The Morgan fingerprint density at radius 1 is 1.05 bits per heavy atom. The number of amides is 3. The first kappa shape index (κ1) is 28.1. The number of hydrogen-bond acceptors (Lipinski definition) is 6. The van der Waals surface area contributed by atoms with Crippen molar-refractivity contribution in [1.29, 1.82) is 0 Å². The number of para-hydroxylation sites is 1. The molecule has 0 aromatic heterocycles. The van der Waals surface area contributed by atoms with Crippen molar-refractivity contribution < 1.29 is 29.0 Å². The Kier molecular flexibility index (Phi) is 7.63. The van der Waals surface area contributed by atoms with Gasteiger partial charge in [0.15, 0.2) is 0 Å². The Morgan fingerprint density at radius 3 is 2.30 bits per heavy atom. The van der Waals surface area contributed by atoms with Crippen LogP contribution in [0, 0.1) is 17.8 Å². The zero-order valence-electron chi connectivity index (χ0n) is 23.6. The number of carbonyl (C=O) groups excluding carboxylic acids is 3. The minimum Gasteiger partial charge on any atom is -0.497 e. The van der Waals surface area contributed by atoms with Gasteiger partial charge in [-0.2, -0.15) is 0 Å². The molecular weight excluding hydrogens is 510 g/mol. The summed E-state index contributed by atoms with van der Waals surface area (Å²) in [5.41, 5.74) is -0.832. The van der Waals surface area contributed by atoms with Crippen LogP contribution in [0.2, 0.25) is 0 Å². The molecule has 6 atom stereocenters. The molecule has 3 fully saturated rings. The lowest BCUT2D eigenvalue weighted by atomic mass is 9.65. The average molecular weight is 550 g/mol. The molecule has 3 aliphatic rings. The van der Waals surface area contributed by atoms with E-state index in [4.69, 9.17) is 9.47 Å². The second-order valence-electron chi connectivity index (χ2n) is 11.6. The monoisotopic (exact) mass is 549 g/mol. The number of aliphatic hydroxyl groups excluding tert-OH is 1. The number of nitrogens with one attached hydrogen (secondary N) is 2. The van der Waals surface area contributed by atoms with Gasteiger partial charge in [0, 0.05) is 11.4 Å². The Labute approximate surface area is 235 Å². The third kappa shape index (κ3) is 4.55. The van der Waals surface area contributed by atoms with E-state index in [0.717, 1.165) is 0 Å². The van der Waals surface area contributed by atoms with Crippen LogP contribution in [0.25, 0.3) is 0 Å². The van der Waals surface area contributed by atoms with Gasteiger partial charge in [0.05, 0.1) is 37.2 Å². The van der Waals surface area contributed by atoms with Crippen LogP contribution in [-0.4, -0.2) is 64.7 Å². The highest BCUT2D eigenvalue weighted by Crippen LogP contribution is 2.64. The van der Waals surface area contributed by atoms with E-state index >= 15 is 0 Å². The summed E-state index contributed by atoms with van der Waals surface area (Å²) in [6.07, 6.45) is 2.09. The maximum atomic E-state index is 14.4. The fourth-order valence-corrected chi connectivity index (χ4v) is 7.19. The third-order valence-corrected chi connectivity index (χ3v) is 8.90. The van der Waals surface area contributed by atoms with E-state index in [2.05, 4.69) is 10.6 Å². The molecule has 3 heterocycles. The zero-order valence-corrected chi connectivity index (χ0v) is 23.6. The van der Waals surface area contributed by atoms with Gasteiger partial charge in [-0.1, -0.05) is 39.0 Å². The van der Waals surface area contributed by atoms with Gasteiger partial charge in [-0.25, -0.2) is 0 Å². The summed E-state index contributed by atoms with van der Waals surface area (Å²) in [5.74, 6) is -1.76. The van der Waals surface area contributed by atoms with E-state index in [9.17, 15) is 19.5 Å².